The highest BCUT2D eigenvalue weighted by Crippen LogP contribution is 2.25. The van der Waals surface area contributed by atoms with Gasteiger partial charge >= 0.3 is 5.97 Å². The first kappa shape index (κ1) is 18.2. The van der Waals surface area contributed by atoms with Crippen molar-refractivity contribution in [3.05, 3.63) is 11.3 Å². The van der Waals surface area contributed by atoms with E-state index in [1.165, 1.54) is 0 Å². The first-order valence-corrected chi connectivity index (χ1v) is 8.13. The molecule has 0 fully saturated rings. The van der Waals surface area contributed by atoms with Gasteiger partial charge < -0.3 is 9.84 Å². The Labute approximate surface area is 132 Å². The summed E-state index contributed by atoms with van der Waals surface area (Å²) in [5.41, 5.74) is -0.158. The van der Waals surface area contributed by atoms with Gasteiger partial charge in [0.25, 0.3) is 0 Å². The lowest BCUT2D eigenvalue weighted by Gasteiger charge is -2.23. The van der Waals surface area contributed by atoms with E-state index in [1.54, 1.807) is 0 Å². The molecule has 0 bridgehead atoms. The monoisotopic (exact) mass is 307 g/mol. The number of hydrogen-bond acceptors (Lipinski definition) is 5. The number of nitrogens with zero attached hydrogens (tertiary/aromatic N) is 1. The molecule has 1 aliphatic rings. The Morgan fingerprint density at radius 1 is 1.32 bits per heavy atom. The Morgan fingerprint density at radius 3 is 2.64 bits per heavy atom. The zero-order chi connectivity index (χ0) is 16.4. The minimum absolute atomic E-state index is 0.117. The van der Waals surface area contributed by atoms with Crippen molar-refractivity contribution in [1.29, 1.82) is 5.26 Å². The molecule has 122 valence electrons. The summed E-state index contributed by atoms with van der Waals surface area (Å²) >= 11 is 0. The molecule has 0 saturated carbocycles. The summed E-state index contributed by atoms with van der Waals surface area (Å²) in [7, 11) is 0. The molecule has 0 aromatic rings. The molecule has 22 heavy (non-hydrogen) atoms. The van der Waals surface area contributed by atoms with Gasteiger partial charge in [-0.05, 0) is 25.7 Å². The molecule has 0 aliphatic carbocycles. The van der Waals surface area contributed by atoms with Crippen LogP contribution in [0.2, 0.25) is 0 Å². The molecule has 1 heterocycles. The van der Waals surface area contributed by atoms with Crippen molar-refractivity contribution in [2.45, 2.75) is 77.2 Å². The number of carbonyl (C=O) groups excluding carboxylic acids is 2. The molecule has 0 aromatic heterocycles. The first-order chi connectivity index (χ1) is 10.6. The number of aliphatic hydroxyl groups excluding tert-OH is 1. The third kappa shape index (κ3) is 5.88. The number of esters is 1. The quantitative estimate of drug-likeness (QED) is 0.377. The number of aliphatic hydroxyl groups is 1. The molecule has 5 heteroatoms. The predicted molar refractivity (Wildman–Crippen MR) is 82.0 cm³/mol. The van der Waals surface area contributed by atoms with E-state index >= 15 is 0 Å². The smallest absolute Gasteiger partial charge is 0.345 e. The summed E-state index contributed by atoms with van der Waals surface area (Å²) in [4.78, 5) is 23.6. The molecule has 0 aromatic carbocycles. The van der Waals surface area contributed by atoms with Crippen LogP contribution in [0.5, 0.6) is 0 Å². The van der Waals surface area contributed by atoms with Gasteiger partial charge in [-0.15, -0.1) is 0 Å². The average molecular weight is 307 g/mol. The van der Waals surface area contributed by atoms with Gasteiger partial charge in [0, 0.05) is 19.3 Å². The van der Waals surface area contributed by atoms with Crippen molar-refractivity contribution in [2.75, 3.05) is 0 Å². The second-order valence-corrected chi connectivity index (χ2v) is 5.69. The van der Waals surface area contributed by atoms with Crippen molar-refractivity contribution in [2.24, 2.45) is 0 Å². The van der Waals surface area contributed by atoms with Crippen LogP contribution in [0.1, 0.15) is 71.1 Å². The van der Waals surface area contributed by atoms with Gasteiger partial charge in [0.1, 0.15) is 17.4 Å². The number of unbranched alkanes of at least 4 members (excludes halogenated alkanes) is 5. The Hall–Kier alpha value is -1.83. The maximum absolute atomic E-state index is 11.8. The summed E-state index contributed by atoms with van der Waals surface area (Å²) in [6.45, 7) is 1.85. The Balaban J connectivity index is 2.34. The fraction of sp³-hybridized carbons (Fsp3) is 0.706. The molecule has 1 rings (SSSR count). The van der Waals surface area contributed by atoms with Crippen molar-refractivity contribution < 1.29 is 19.4 Å². The Kier molecular flexibility index (Phi) is 8.27. The molecule has 5 nitrogen and oxygen atoms in total. The van der Waals surface area contributed by atoms with Crippen LogP contribution in [0.15, 0.2) is 11.3 Å². The number of nitriles is 1. The van der Waals surface area contributed by atoms with Gasteiger partial charge in [0.15, 0.2) is 5.78 Å². The van der Waals surface area contributed by atoms with E-state index in [1.807, 2.05) is 6.92 Å². The lowest BCUT2D eigenvalue weighted by Crippen LogP contribution is -2.30. The predicted octanol–water partition coefficient (Wildman–Crippen LogP) is 3.74. The third-order valence-electron chi connectivity index (χ3n) is 3.76. The molecule has 1 atom stereocenters. The van der Waals surface area contributed by atoms with E-state index < -0.39 is 5.97 Å². The number of carbonyl (C=O) groups is 2. The lowest BCUT2D eigenvalue weighted by atomic mass is 9.97. The Morgan fingerprint density at radius 2 is 2.00 bits per heavy atom. The molecule has 0 spiro atoms. The number of ether oxygens (including phenoxy) is 1. The molecule has 1 unspecified atom stereocenters. The molecule has 0 saturated heterocycles. The van der Waals surface area contributed by atoms with Crippen molar-refractivity contribution in [3.63, 3.8) is 0 Å². The first-order valence-electron chi connectivity index (χ1n) is 8.13. The number of cyclic esters (lactones) is 1. The second-order valence-electron chi connectivity index (χ2n) is 5.69. The van der Waals surface area contributed by atoms with Crippen LogP contribution < -0.4 is 0 Å². The zero-order valence-corrected chi connectivity index (χ0v) is 13.3. The third-order valence-corrected chi connectivity index (χ3v) is 3.76. The van der Waals surface area contributed by atoms with Crippen LogP contribution in [-0.2, 0) is 14.3 Å². The van der Waals surface area contributed by atoms with Gasteiger partial charge in [0.2, 0.25) is 0 Å². The van der Waals surface area contributed by atoms with Crippen LogP contribution in [0.3, 0.4) is 0 Å². The highest BCUT2D eigenvalue weighted by atomic mass is 16.5. The maximum atomic E-state index is 11.8. The van der Waals surface area contributed by atoms with Gasteiger partial charge in [-0.2, -0.15) is 5.26 Å². The topological polar surface area (TPSA) is 87.4 Å². The zero-order valence-electron chi connectivity index (χ0n) is 13.3. The summed E-state index contributed by atoms with van der Waals surface area (Å²) in [6, 6.07) is 2.12. The number of hydrogen-bond donors (Lipinski definition) is 1. The minimum Gasteiger partial charge on any atom is -0.511 e. The van der Waals surface area contributed by atoms with Gasteiger partial charge in [-0.3, -0.25) is 4.79 Å². The van der Waals surface area contributed by atoms with Crippen molar-refractivity contribution in [1.82, 2.24) is 0 Å². The summed E-state index contributed by atoms with van der Waals surface area (Å²) in [5, 5.41) is 18.4. The number of ketones is 1. The van der Waals surface area contributed by atoms with Crippen molar-refractivity contribution in [3.8, 4) is 6.07 Å². The molecule has 1 N–H and O–H groups in total. The van der Waals surface area contributed by atoms with Gasteiger partial charge in [0.05, 0.1) is 6.07 Å². The lowest BCUT2D eigenvalue weighted by molar-refractivity contribution is -0.148. The normalized spacial score (nSPS) is 18.0. The van der Waals surface area contributed by atoms with Crippen LogP contribution in [-0.4, -0.2) is 23.0 Å². The molecular weight excluding hydrogens is 282 g/mol. The van der Waals surface area contributed by atoms with E-state index in [-0.39, 0.29) is 36.1 Å². The summed E-state index contributed by atoms with van der Waals surface area (Å²) < 4.78 is 5.26. The van der Waals surface area contributed by atoms with E-state index in [4.69, 9.17) is 10.00 Å². The van der Waals surface area contributed by atoms with E-state index in [0.717, 1.165) is 32.1 Å². The van der Waals surface area contributed by atoms with E-state index in [9.17, 15) is 14.7 Å². The molecule has 0 radical (unpaired) electrons. The van der Waals surface area contributed by atoms with Crippen LogP contribution in [0.4, 0.5) is 0 Å². The van der Waals surface area contributed by atoms with Gasteiger partial charge in [-0.1, -0.05) is 26.2 Å². The molecular formula is C17H25NO4. The highest BCUT2D eigenvalue weighted by molar-refractivity contribution is 6.18. The van der Waals surface area contributed by atoms with Crippen molar-refractivity contribution >= 4 is 11.8 Å². The highest BCUT2D eigenvalue weighted by Gasteiger charge is 2.32. The Bertz CT molecular complexity index is 462. The van der Waals surface area contributed by atoms with Crippen LogP contribution in [0.25, 0.3) is 0 Å². The SMILES string of the molecule is CCCC(=O)C1=C(O)CC(CCCCCCCC#N)OC1=O. The summed E-state index contributed by atoms with van der Waals surface area (Å²) in [6.07, 6.45) is 7.07. The fourth-order valence-electron chi connectivity index (χ4n) is 2.58. The summed E-state index contributed by atoms with van der Waals surface area (Å²) in [5.74, 6) is -1.13. The number of rotatable bonds is 10. The average Bonchev–Trinajstić information content (AvgIpc) is 2.46. The van der Waals surface area contributed by atoms with E-state index in [2.05, 4.69) is 6.07 Å². The number of Topliss-reactive ketones (excluding diaryl/α,β-unsaturated/α-hetero) is 1. The minimum atomic E-state index is -0.679. The van der Waals surface area contributed by atoms with Gasteiger partial charge in [-0.25, -0.2) is 4.79 Å². The maximum Gasteiger partial charge on any atom is 0.345 e. The van der Waals surface area contributed by atoms with Crippen LogP contribution >= 0.6 is 0 Å². The van der Waals surface area contributed by atoms with E-state index in [0.29, 0.717) is 19.3 Å². The molecule has 0 amide bonds. The standard InChI is InChI=1S/C17H25NO4/c1-2-9-14(19)16-15(20)12-13(22-17(16)21)10-7-5-3-4-6-8-11-18/h13,20H,2-10,12H2,1H3. The second kappa shape index (κ2) is 9.99. The fourth-order valence-corrected chi connectivity index (χ4v) is 2.58. The van der Waals surface area contributed by atoms with Crippen LogP contribution in [0, 0.1) is 11.3 Å². The molecule has 1 aliphatic heterocycles. The largest absolute Gasteiger partial charge is 0.511 e.